The molecule has 1 aromatic carbocycles. The Hall–Kier alpha value is -2.02. The van der Waals surface area contributed by atoms with Crippen LogP contribution >= 0.6 is 0 Å². The van der Waals surface area contributed by atoms with Gasteiger partial charge >= 0.3 is 0 Å². The summed E-state index contributed by atoms with van der Waals surface area (Å²) in [6.45, 7) is 1.85. The minimum absolute atomic E-state index is 0.205. The molecule has 82 valence electrons. The minimum Gasteiger partial charge on any atom is -0.497 e. The largest absolute Gasteiger partial charge is 0.497 e. The van der Waals surface area contributed by atoms with Gasteiger partial charge in [0.15, 0.2) is 0 Å². The van der Waals surface area contributed by atoms with Crippen LogP contribution in [-0.2, 0) is 7.05 Å². The van der Waals surface area contributed by atoms with Crippen LogP contribution in [0.5, 0.6) is 5.75 Å². The molecule has 1 unspecified atom stereocenters. The maximum atomic E-state index is 8.91. The second kappa shape index (κ2) is 3.86. The molecule has 16 heavy (non-hydrogen) atoms. The van der Waals surface area contributed by atoms with Crippen LogP contribution < -0.4 is 4.74 Å². The van der Waals surface area contributed by atoms with E-state index in [2.05, 4.69) is 11.1 Å². The van der Waals surface area contributed by atoms with Crippen LogP contribution in [0.1, 0.15) is 18.7 Å². The fraction of sp³-hybridized carbons (Fsp3) is 0.333. The van der Waals surface area contributed by atoms with Gasteiger partial charge in [-0.2, -0.15) is 5.26 Å². The topological polar surface area (TPSA) is 50.8 Å². The van der Waals surface area contributed by atoms with E-state index in [1.165, 1.54) is 0 Å². The molecule has 1 aromatic heterocycles. The van der Waals surface area contributed by atoms with Gasteiger partial charge in [0.25, 0.3) is 0 Å². The number of hydrogen-bond donors (Lipinski definition) is 0. The van der Waals surface area contributed by atoms with Crippen molar-refractivity contribution in [3.05, 3.63) is 24.0 Å². The average Bonchev–Trinajstić information content (AvgIpc) is 2.65. The molecular weight excluding hydrogens is 202 g/mol. The lowest BCUT2D eigenvalue weighted by molar-refractivity contribution is 0.415. The Morgan fingerprint density at radius 1 is 1.50 bits per heavy atom. The molecule has 0 fully saturated rings. The summed E-state index contributed by atoms with van der Waals surface area (Å²) < 4.78 is 7.09. The lowest BCUT2D eigenvalue weighted by atomic mass is 10.2. The summed E-state index contributed by atoms with van der Waals surface area (Å²) >= 11 is 0. The van der Waals surface area contributed by atoms with Gasteiger partial charge in [0, 0.05) is 13.1 Å². The molecule has 1 atom stereocenters. The maximum absolute atomic E-state index is 8.91. The zero-order valence-electron chi connectivity index (χ0n) is 9.56. The molecule has 0 saturated heterocycles. The van der Waals surface area contributed by atoms with Crippen molar-refractivity contribution in [3.63, 3.8) is 0 Å². The number of nitrogens with zero attached hydrogens (tertiary/aromatic N) is 3. The van der Waals surface area contributed by atoms with E-state index in [9.17, 15) is 0 Å². The molecule has 0 spiro atoms. The lowest BCUT2D eigenvalue weighted by Gasteiger charge is -2.02. The predicted octanol–water partition coefficient (Wildman–Crippen LogP) is 2.21. The smallest absolute Gasteiger partial charge is 0.126 e. The third-order valence-corrected chi connectivity index (χ3v) is 2.70. The molecule has 1 heterocycles. The highest BCUT2D eigenvalue weighted by Crippen LogP contribution is 2.23. The first-order valence-electron chi connectivity index (χ1n) is 5.07. The van der Waals surface area contributed by atoms with Crippen molar-refractivity contribution >= 4 is 11.0 Å². The van der Waals surface area contributed by atoms with Gasteiger partial charge in [-0.3, -0.25) is 0 Å². The normalized spacial score (nSPS) is 12.4. The summed E-state index contributed by atoms with van der Waals surface area (Å²) in [5.41, 5.74) is 1.87. The maximum Gasteiger partial charge on any atom is 0.126 e. The van der Waals surface area contributed by atoms with Crippen molar-refractivity contribution in [2.45, 2.75) is 12.8 Å². The monoisotopic (exact) mass is 215 g/mol. The molecule has 0 radical (unpaired) electrons. The van der Waals surface area contributed by atoms with Crippen molar-refractivity contribution in [3.8, 4) is 11.8 Å². The highest BCUT2D eigenvalue weighted by molar-refractivity contribution is 5.77. The number of rotatable bonds is 2. The van der Waals surface area contributed by atoms with Gasteiger partial charge in [-0.1, -0.05) is 0 Å². The van der Waals surface area contributed by atoms with E-state index >= 15 is 0 Å². The van der Waals surface area contributed by atoms with Gasteiger partial charge in [-0.25, -0.2) is 4.98 Å². The van der Waals surface area contributed by atoms with Gasteiger partial charge in [-0.15, -0.1) is 0 Å². The Morgan fingerprint density at radius 3 is 2.88 bits per heavy atom. The van der Waals surface area contributed by atoms with Crippen LogP contribution in [0.2, 0.25) is 0 Å². The van der Waals surface area contributed by atoms with Crippen molar-refractivity contribution in [1.29, 1.82) is 5.26 Å². The van der Waals surface area contributed by atoms with Crippen LogP contribution in [0, 0.1) is 11.3 Å². The molecule has 0 aliphatic carbocycles. The molecule has 4 nitrogen and oxygen atoms in total. The van der Waals surface area contributed by atoms with Crippen molar-refractivity contribution in [2.24, 2.45) is 7.05 Å². The standard InChI is InChI=1S/C12H13N3O/c1-8(7-13)12-14-10-6-9(16-3)4-5-11(10)15(12)2/h4-6,8H,1-3H3. The van der Waals surface area contributed by atoms with E-state index in [4.69, 9.17) is 10.00 Å². The van der Waals surface area contributed by atoms with Crippen LogP contribution in [-0.4, -0.2) is 16.7 Å². The van der Waals surface area contributed by atoms with E-state index in [0.717, 1.165) is 22.6 Å². The van der Waals surface area contributed by atoms with Crippen LogP contribution in [0.15, 0.2) is 18.2 Å². The summed E-state index contributed by atoms with van der Waals surface area (Å²) in [5, 5.41) is 8.91. The second-order valence-corrected chi connectivity index (χ2v) is 3.73. The van der Waals surface area contributed by atoms with Crippen molar-refractivity contribution in [2.75, 3.05) is 7.11 Å². The molecular formula is C12H13N3O. The first-order chi connectivity index (χ1) is 7.67. The molecule has 0 bridgehead atoms. The Labute approximate surface area is 94.1 Å². The van der Waals surface area contributed by atoms with E-state index in [-0.39, 0.29) is 5.92 Å². The van der Waals surface area contributed by atoms with Gasteiger partial charge in [0.1, 0.15) is 17.5 Å². The molecule has 0 aliphatic heterocycles. The SMILES string of the molecule is COc1ccc2c(c1)nc(C(C)C#N)n2C. The number of imidazole rings is 1. The van der Waals surface area contributed by atoms with Crippen molar-refractivity contribution in [1.82, 2.24) is 9.55 Å². The Morgan fingerprint density at radius 2 is 2.25 bits per heavy atom. The van der Waals surface area contributed by atoms with E-state index < -0.39 is 0 Å². The molecule has 2 aromatic rings. The summed E-state index contributed by atoms with van der Waals surface area (Å²) in [6, 6.07) is 7.92. The van der Waals surface area contributed by atoms with Gasteiger partial charge in [0.05, 0.1) is 24.2 Å². The zero-order valence-corrected chi connectivity index (χ0v) is 9.56. The molecule has 2 rings (SSSR count). The zero-order chi connectivity index (χ0) is 11.7. The molecule has 4 heteroatoms. The lowest BCUT2D eigenvalue weighted by Crippen LogP contribution is -2.00. The average molecular weight is 215 g/mol. The summed E-state index contributed by atoms with van der Waals surface area (Å²) in [6.07, 6.45) is 0. The third kappa shape index (κ3) is 1.50. The quantitative estimate of drug-likeness (QED) is 0.771. The van der Waals surface area contributed by atoms with Crippen LogP contribution in [0.3, 0.4) is 0 Å². The first-order valence-corrected chi connectivity index (χ1v) is 5.07. The summed E-state index contributed by atoms with van der Waals surface area (Å²) in [7, 11) is 3.55. The Kier molecular flexibility index (Phi) is 2.53. The number of methoxy groups -OCH3 is 1. The van der Waals surface area contributed by atoms with Crippen LogP contribution in [0.4, 0.5) is 0 Å². The fourth-order valence-electron chi connectivity index (χ4n) is 1.77. The highest BCUT2D eigenvalue weighted by atomic mass is 16.5. The molecule has 0 saturated carbocycles. The van der Waals surface area contributed by atoms with Gasteiger partial charge in [0.2, 0.25) is 0 Å². The Balaban J connectivity index is 2.64. The Bertz CT molecular complexity index is 565. The number of aromatic nitrogens is 2. The molecule has 0 N–H and O–H groups in total. The minimum atomic E-state index is -0.205. The van der Waals surface area contributed by atoms with E-state index in [1.54, 1.807) is 7.11 Å². The third-order valence-electron chi connectivity index (χ3n) is 2.70. The number of nitriles is 1. The summed E-state index contributed by atoms with van der Waals surface area (Å²) in [5.74, 6) is 1.36. The summed E-state index contributed by atoms with van der Waals surface area (Å²) in [4.78, 5) is 4.45. The van der Waals surface area contributed by atoms with Gasteiger partial charge in [-0.05, 0) is 19.1 Å². The predicted molar refractivity (Wildman–Crippen MR) is 61.3 cm³/mol. The van der Waals surface area contributed by atoms with E-state index in [1.807, 2.05) is 36.7 Å². The molecule has 0 amide bonds. The highest BCUT2D eigenvalue weighted by Gasteiger charge is 2.13. The van der Waals surface area contributed by atoms with Gasteiger partial charge < -0.3 is 9.30 Å². The van der Waals surface area contributed by atoms with E-state index in [0.29, 0.717) is 0 Å². The number of benzene rings is 1. The number of fused-ring (bicyclic) bond motifs is 1. The number of aryl methyl sites for hydroxylation is 1. The number of ether oxygens (including phenoxy) is 1. The first kappa shape index (κ1) is 10.5. The van der Waals surface area contributed by atoms with Crippen LogP contribution in [0.25, 0.3) is 11.0 Å². The fourth-order valence-corrected chi connectivity index (χ4v) is 1.77. The number of hydrogen-bond acceptors (Lipinski definition) is 3. The van der Waals surface area contributed by atoms with Crippen molar-refractivity contribution < 1.29 is 4.74 Å². The molecule has 0 aliphatic rings. The second-order valence-electron chi connectivity index (χ2n) is 3.73.